The quantitative estimate of drug-likeness (QED) is 0.553. The second-order valence-corrected chi connectivity index (χ2v) is 4.35. The molecule has 3 aromatic rings. The van der Waals surface area contributed by atoms with E-state index >= 15 is 0 Å². The summed E-state index contributed by atoms with van der Waals surface area (Å²) in [7, 11) is 0. The first-order valence-electron chi connectivity index (χ1n) is 5.51. The average Bonchev–Trinajstić information content (AvgIpc) is 2.54. The van der Waals surface area contributed by atoms with Crippen LogP contribution in [0.25, 0.3) is 21.9 Å². The molecule has 0 radical (unpaired) electrons. The van der Waals surface area contributed by atoms with Gasteiger partial charge in [0.15, 0.2) is 0 Å². The van der Waals surface area contributed by atoms with E-state index in [2.05, 4.69) is 0 Å². The Bertz CT molecular complexity index is 790. The predicted molar refractivity (Wildman–Crippen MR) is 66.5 cm³/mol. The summed E-state index contributed by atoms with van der Waals surface area (Å²) in [6, 6.07) is 5.23. The summed E-state index contributed by atoms with van der Waals surface area (Å²) in [5, 5.41) is 1.86. The van der Waals surface area contributed by atoms with E-state index < -0.39 is 0 Å². The minimum absolute atomic E-state index is 0.331. The van der Waals surface area contributed by atoms with E-state index in [4.69, 9.17) is 8.83 Å². The first-order valence-corrected chi connectivity index (χ1v) is 5.51. The van der Waals surface area contributed by atoms with Crippen LogP contribution in [0.4, 0.5) is 0 Å². The van der Waals surface area contributed by atoms with Crippen molar-refractivity contribution in [2.75, 3.05) is 0 Å². The second-order valence-electron chi connectivity index (χ2n) is 4.35. The number of furan rings is 1. The summed E-state index contributed by atoms with van der Waals surface area (Å²) in [6.45, 7) is 5.87. The number of benzene rings is 1. The van der Waals surface area contributed by atoms with Crippen molar-refractivity contribution in [3.63, 3.8) is 0 Å². The fraction of sp³-hybridized carbons (Fsp3) is 0.214. The smallest absolute Gasteiger partial charge is 0.336 e. The molecule has 3 heteroatoms. The Kier molecular flexibility index (Phi) is 1.93. The van der Waals surface area contributed by atoms with Crippen LogP contribution in [0.5, 0.6) is 0 Å². The number of aryl methyl sites for hydroxylation is 3. The first-order chi connectivity index (χ1) is 8.08. The predicted octanol–water partition coefficient (Wildman–Crippen LogP) is 3.46. The molecule has 0 saturated carbocycles. The summed E-state index contributed by atoms with van der Waals surface area (Å²) in [5.41, 5.74) is 3.15. The number of rotatable bonds is 0. The molecule has 3 nitrogen and oxygen atoms in total. The van der Waals surface area contributed by atoms with Crippen LogP contribution in [0, 0.1) is 20.8 Å². The van der Waals surface area contributed by atoms with Gasteiger partial charge in [-0.3, -0.25) is 0 Å². The molecule has 0 unspecified atom stereocenters. The molecule has 17 heavy (non-hydrogen) atoms. The van der Waals surface area contributed by atoms with Crippen molar-refractivity contribution in [3.8, 4) is 0 Å². The SMILES string of the molecule is Cc1oc2cc(C)c3ccc(=O)oc3c2c1C. The number of hydrogen-bond donors (Lipinski definition) is 0. The van der Waals surface area contributed by atoms with Crippen LogP contribution in [0.2, 0.25) is 0 Å². The van der Waals surface area contributed by atoms with Gasteiger partial charge >= 0.3 is 5.63 Å². The highest BCUT2D eigenvalue weighted by atomic mass is 16.4. The van der Waals surface area contributed by atoms with Crippen LogP contribution in [0.15, 0.2) is 31.8 Å². The maximum absolute atomic E-state index is 11.4. The average molecular weight is 228 g/mol. The lowest BCUT2D eigenvalue weighted by Crippen LogP contribution is -1.95. The molecule has 0 aliphatic carbocycles. The summed E-state index contributed by atoms with van der Waals surface area (Å²) < 4.78 is 11.0. The molecule has 0 atom stereocenters. The van der Waals surface area contributed by atoms with Gasteiger partial charge in [0, 0.05) is 17.0 Å². The van der Waals surface area contributed by atoms with E-state index in [1.54, 1.807) is 6.07 Å². The van der Waals surface area contributed by atoms with Crippen LogP contribution >= 0.6 is 0 Å². The first kappa shape index (κ1) is 10.1. The molecule has 86 valence electrons. The molecule has 0 fully saturated rings. The van der Waals surface area contributed by atoms with Crippen LogP contribution in [0.3, 0.4) is 0 Å². The lowest BCUT2D eigenvalue weighted by atomic mass is 10.0. The zero-order valence-corrected chi connectivity index (χ0v) is 9.96. The van der Waals surface area contributed by atoms with Crippen LogP contribution in [-0.4, -0.2) is 0 Å². The van der Waals surface area contributed by atoms with Gasteiger partial charge in [0.1, 0.15) is 16.9 Å². The van der Waals surface area contributed by atoms with Gasteiger partial charge in [-0.05, 0) is 38.5 Å². The van der Waals surface area contributed by atoms with Crippen molar-refractivity contribution in [1.82, 2.24) is 0 Å². The van der Waals surface area contributed by atoms with Gasteiger partial charge in [0.25, 0.3) is 0 Å². The summed E-state index contributed by atoms with van der Waals surface area (Å²) >= 11 is 0. The zero-order chi connectivity index (χ0) is 12.2. The largest absolute Gasteiger partial charge is 0.461 e. The van der Waals surface area contributed by atoms with E-state index in [1.165, 1.54) is 6.07 Å². The maximum atomic E-state index is 11.4. The molecule has 2 heterocycles. The molecule has 1 aromatic carbocycles. The summed E-state index contributed by atoms with van der Waals surface area (Å²) in [6.07, 6.45) is 0. The third kappa shape index (κ3) is 1.32. The molecule has 2 aromatic heterocycles. The topological polar surface area (TPSA) is 43.4 Å². The zero-order valence-electron chi connectivity index (χ0n) is 9.96. The third-order valence-corrected chi connectivity index (χ3v) is 3.25. The Balaban J connectivity index is 2.69. The fourth-order valence-electron chi connectivity index (χ4n) is 2.22. The fourth-order valence-corrected chi connectivity index (χ4v) is 2.22. The van der Waals surface area contributed by atoms with Crippen molar-refractivity contribution < 1.29 is 8.83 Å². The molecule has 0 amide bonds. The molecule has 0 bridgehead atoms. The summed E-state index contributed by atoms with van der Waals surface area (Å²) in [4.78, 5) is 11.4. The Labute approximate surface area is 97.7 Å². The van der Waals surface area contributed by atoms with E-state index in [9.17, 15) is 4.79 Å². The van der Waals surface area contributed by atoms with Crippen molar-refractivity contribution >= 4 is 21.9 Å². The normalized spacial score (nSPS) is 11.5. The molecule has 0 aliphatic rings. The standard InChI is InChI=1S/C14H12O3/c1-7-6-11-13(8(2)9(3)16-11)14-10(7)4-5-12(15)17-14/h4-6H,1-3H3. The third-order valence-electron chi connectivity index (χ3n) is 3.25. The van der Waals surface area contributed by atoms with Crippen LogP contribution in [-0.2, 0) is 0 Å². The molecule has 0 saturated heterocycles. The van der Waals surface area contributed by atoms with Gasteiger partial charge in [0.2, 0.25) is 0 Å². The van der Waals surface area contributed by atoms with Gasteiger partial charge in [-0.1, -0.05) is 0 Å². The van der Waals surface area contributed by atoms with Gasteiger partial charge in [-0.25, -0.2) is 4.79 Å². The lowest BCUT2D eigenvalue weighted by molar-refractivity contribution is 0.562. The Morgan fingerprint density at radius 3 is 2.59 bits per heavy atom. The summed E-state index contributed by atoms with van der Waals surface area (Å²) in [5.74, 6) is 0.860. The highest BCUT2D eigenvalue weighted by molar-refractivity contribution is 6.05. The van der Waals surface area contributed by atoms with Gasteiger partial charge in [0.05, 0.1) is 5.39 Å². The molecule has 0 aliphatic heterocycles. The van der Waals surface area contributed by atoms with E-state index in [1.807, 2.05) is 26.8 Å². The van der Waals surface area contributed by atoms with Crippen LogP contribution in [0.1, 0.15) is 16.9 Å². The van der Waals surface area contributed by atoms with Crippen molar-refractivity contribution in [3.05, 3.63) is 45.5 Å². The molecular formula is C14H12O3. The Morgan fingerprint density at radius 1 is 1.06 bits per heavy atom. The number of fused-ring (bicyclic) bond motifs is 3. The second kappa shape index (κ2) is 3.23. The minimum Gasteiger partial charge on any atom is -0.461 e. The van der Waals surface area contributed by atoms with Gasteiger partial charge in [-0.2, -0.15) is 0 Å². The van der Waals surface area contributed by atoms with Crippen molar-refractivity contribution in [2.45, 2.75) is 20.8 Å². The van der Waals surface area contributed by atoms with Crippen molar-refractivity contribution in [2.24, 2.45) is 0 Å². The monoisotopic (exact) mass is 228 g/mol. The molecule has 0 N–H and O–H groups in total. The number of hydrogen-bond acceptors (Lipinski definition) is 3. The lowest BCUT2D eigenvalue weighted by Gasteiger charge is -2.01. The van der Waals surface area contributed by atoms with Crippen molar-refractivity contribution in [1.29, 1.82) is 0 Å². The Hall–Kier alpha value is -2.03. The van der Waals surface area contributed by atoms with Gasteiger partial charge in [-0.15, -0.1) is 0 Å². The molecule has 3 rings (SSSR count). The van der Waals surface area contributed by atoms with E-state index in [0.29, 0.717) is 5.58 Å². The molecular weight excluding hydrogens is 216 g/mol. The van der Waals surface area contributed by atoms with E-state index in [-0.39, 0.29) is 5.63 Å². The van der Waals surface area contributed by atoms with Gasteiger partial charge < -0.3 is 8.83 Å². The maximum Gasteiger partial charge on any atom is 0.336 e. The highest BCUT2D eigenvalue weighted by Gasteiger charge is 2.14. The van der Waals surface area contributed by atoms with E-state index in [0.717, 1.165) is 33.2 Å². The van der Waals surface area contributed by atoms with Crippen LogP contribution < -0.4 is 5.63 Å². The molecule has 0 spiro atoms. The highest BCUT2D eigenvalue weighted by Crippen LogP contribution is 2.33. The Morgan fingerprint density at radius 2 is 1.82 bits per heavy atom. The minimum atomic E-state index is -0.331.